The van der Waals surface area contributed by atoms with E-state index in [4.69, 9.17) is 4.74 Å². The molecule has 2 aliphatic rings. The summed E-state index contributed by atoms with van der Waals surface area (Å²) in [7, 11) is 0. The third-order valence-corrected chi connectivity index (χ3v) is 3.39. The first-order valence-electron chi connectivity index (χ1n) is 5.52. The molecule has 1 amide bonds. The average Bonchev–Trinajstić information content (AvgIpc) is 2.54. The quantitative estimate of drug-likeness (QED) is 0.691. The SMILES string of the molecule is CC1(C)NC(=O)CO[C@H]1C1CCCC1. The van der Waals surface area contributed by atoms with E-state index in [1.54, 1.807) is 0 Å². The summed E-state index contributed by atoms with van der Waals surface area (Å²) in [6.45, 7) is 4.37. The molecule has 1 saturated carbocycles. The third-order valence-electron chi connectivity index (χ3n) is 3.39. The maximum absolute atomic E-state index is 11.2. The van der Waals surface area contributed by atoms with Crippen LogP contribution >= 0.6 is 0 Å². The molecule has 14 heavy (non-hydrogen) atoms. The van der Waals surface area contributed by atoms with Crippen molar-refractivity contribution in [2.24, 2.45) is 5.92 Å². The first-order valence-corrected chi connectivity index (χ1v) is 5.52. The Morgan fingerprint density at radius 1 is 1.36 bits per heavy atom. The maximum atomic E-state index is 11.2. The summed E-state index contributed by atoms with van der Waals surface area (Å²) in [5, 5.41) is 3.02. The number of hydrogen-bond acceptors (Lipinski definition) is 2. The highest BCUT2D eigenvalue weighted by molar-refractivity contribution is 5.78. The van der Waals surface area contributed by atoms with Crippen molar-refractivity contribution in [3.8, 4) is 0 Å². The predicted octanol–water partition coefficient (Wildman–Crippen LogP) is 1.47. The molecule has 0 aromatic carbocycles. The van der Waals surface area contributed by atoms with Gasteiger partial charge in [0.2, 0.25) is 5.91 Å². The molecule has 0 unspecified atom stereocenters. The molecule has 1 N–H and O–H groups in total. The summed E-state index contributed by atoms with van der Waals surface area (Å²) >= 11 is 0. The smallest absolute Gasteiger partial charge is 0.246 e. The Bertz CT molecular complexity index is 231. The molecule has 2 fully saturated rings. The summed E-state index contributed by atoms with van der Waals surface area (Å²) in [5.41, 5.74) is -0.190. The zero-order chi connectivity index (χ0) is 10.2. The van der Waals surface area contributed by atoms with Gasteiger partial charge in [0, 0.05) is 0 Å². The Labute approximate surface area is 85.2 Å². The zero-order valence-corrected chi connectivity index (χ0v) is 9.01. The number of ether oxygens (including phenoxy) is 1. The monoisotopic (exact) mass is 197 g/mol. The van der Waals surface area contributed by atoms with Gasteiger partial charge in [0.25, 0.3) is 0 Å². The third kappa shape index (κ3) is 1.78. The highest BCUT2D eigenvalue weighted by Crippen LogP contribution is 2.35. The number of carbonyl (C=O) groups is 1. The van der Waals surface area contributed by atoms with E-state index in [1.807, 2.05) is 0 Å². The van der Waals surface area contributed by atoms with Gasteiger partial charge in [-0.25, -0.2) is 0 Å². The Morgan fingerprint density at radius 2 is 2.00 bits per heavy atom. The minimum absolute atomic E-state index is 0.0178. The molecule has 1 aliphatic heterocycles. The van der Waals surface area contributed by atoms with E-state index < -0.39 is 0 Å². The van der Waals surface area contributed by atoms with E-state index in [0.29, 0.717) is 5.92 Å². The lowest BCUT2D eigenvalue weighted by molar-refractivity contribution is -0.146. The minimum Gasteiger partial charge on any atom is -0.366 e. The van der Waals surface area contributed by atoms with Crippen molar-refractivity contribution in [1.29, 1.82) is 0 Å². The van der Waals surface area contributed by atoms with Gasteiger partial charge in [-0.2, -0.15) is 0 Å². The van der Waals surface area contributed by atoms with Crippen LogP contribution in [0.5, 0.6) is 0 Å². The van der Waals surface area contributed by atoms with Crippen LogP contribution in [-0.2, 0) is 9.53 Å². The molecule has 0 aromatic rings. The van der Waals surface area contributed by atoms with Crippen molar-refractivity contribution in [1.82, 2.24) is 5.32 Å². The second-order valence-electron chi connectivity index (χ2n) is 5.05. The molecule has 2 rings (SSSR count). The van der Waals surface area contributed by atoms with Crippen molar-refractivity contribution in [2.45, 2.75) is 51.2 Å². The number of carbonyl (C=O) groups excluding carboxylic acids is 1. The molecule has 1 heterocycles. The summed E-state index contributed by atoms with van der Waals surface area (Å²) in [6.07, 6.45) is 5.35. The highest BCUT2D eigenvalue weighted by atomic mass is 16.5. The first-order chi connectivity index (χ1) is 6.59. The largest absolute Gasteiger partial charge is 0.366 e. The predicted molar refractivity (Wildman–Crippen MR) is 53.9 cm³/mol. The van der Waals surface area contributed by atoms with Gasteiger partial charge in [-0.15, -0.1) is 0 Å². The summed E-state index contributed by atoms with van der Waals surface area (Å²) in [4.78, 5) is 11.2. The fourth-order valence-corrected chi connectivity index (χ4v) is 2.83. The molecule has 0 radical (unpaired) electrons. The molecule has 1 aliphatic carbocycles. The van der Waals surface area contributed by atoms with E-state index in [9.17, 15) is 4.79 Å². The average molecular weight is 197 g/mol. The van der Waals surface area contributed by atoms with Crippen LogP contribution in [0.3, 0.4) is 0 Å². The standard InChI is InChI=1S/C11H19NO2/c1-11(2)10(8-5-3-4-6-8)14-7-9(13)12-11/h8,10H,3-7H2,1-2H3,(H,12,13)/t10-/m0/s1. The van der Waals surface area contributed by atoms with Crippen LogP contribution in [0.4, 0.5) is 0 Å². The van der Waals surface area contributed by atoms with E-state index in [1.165, 1.54) is 25.7 Å². The van der Waals surface area contributed by atoms with E-state index in [0.717, 1.165) is 0 Å². The summed E-state index contributed by atoms with van der Waals surface area (Å²) in [5.74, 6) is 0.662. The van der Waals surface area contributed by atoms with Gasteiger partial charge in [0.15, 0.2) is 0 Å². The lowest BCUT2D eigenvalue weighted by atomic mass is 9.84. The Hall–Kier alpha value is -0.570. The van der Waals surface area contributed by atoms with Gasteiger partial charge < -0.3 is 10.1 Å². The Balaban J connectivity index is 2.06. The molecule has 0 aromatic heterocycles. The van der Waals surface area contributed by atoms with Crippen LogP contribution in [0.25, 0.3) is 0 Å². The van der Waals surface area contributed by atoms with Gasteiger partial charge in [0.05, 0.1) is 11.6 Å². The minimum atomic E-state index is -0.190. The molecule has 1 saturated heterocycles. The number of nitrogens with one attached hydrogen (secondary N) is 1. The van der Waals surface area contributed by atoms with Crippen molar-refractivity contribution in [3.05, 3.63) is 0 Å². The maximum Gasteiger partial charge on any atom is 0.246 e. The normalized spacial score (nSPS) is 33.0. The second kappa shape index (κ2) is 3.54. The molecule has 0 bridgehead atoms. The van der Waals surface area contributed by atoms with Crippen LogP contribution in [0.2, 0.25) is 0 Å². The second-order valence-corrected chi connectivity index (χ2v) is 5.05. The van der Waals surface area contributed by atoms with Gasteiger partial charge in [-0.05, 0) is 32.6 Å². The number of hydrogen-bond donors (Lipinski definition) is 1. The van der Waals surface area contributed by atoms with Crippen molar-refractivity contribution in [2.75, 3.05) is 6.61 Å². The number of rotatable bonds is 1. The van der Waals surface area contributed by atoms with Crippen LogP contribution < -0.4 is 5.32 Å². The summed E-state index contributed by atoms with van der Waals surface area (Å²) < 4.78 is 5.68. The molecular formula is C11H19NO2. The molecule has 3 nitrogen and oxygen atoms in total. The highest BCUT2D eigenvalue weighted by Gasteiger charge is 2.41. The molecule has 80 valence electrons. The van der Waals surface area contributed by atoms with Gasteiger partial charge in [0.1, 0.15) is 6.61 Å². The lowest BCUT2D eigenvalue weighted by Gasteiger charge is -2.42. The topological polar surface area (TPSA) is 38.3 Å². The Kier molecular flexibility index (Phi) is 2.52. The number of amides is 1. The van der Waals surface area contributed by atoms with E-state index in [2.05, 4.69) is 19.2 Å². The van der Waals surface area contributed by atoms with Crippen molar-refractivity contribution < 1.29 is 9.53 Å². The van der Waals surface area contributed by atoms with Crippen molar-refractivity contribution >= 4 is 5.91 Å². The molecular weight excluding hydrogens is 178 g/mol. The molecule has 0 spiro atoms. The van der Waals surface area contributed by atoms with Crippen LogP contribution in [-0.4, -0.2) is 24.2 Å². The van der Waals surface area contributed by atoms with Gasteiger partial charge in [-0.1, -0.05) is 12.8 Å². The summed E-state index contributed by atoms with van der Waals surface area (Å²) in [6, 6.07) is 0. The van der Waals surface area contributed by atoms with E-state index in [-0.39, 0.29) is 24.2 Å². The van der Waals surface area contributed by atoms with Crippen molar-refractivity contribution in [3.63, 3.8) is 0 Å². The molecule has 3 heteroatoms. The van der Waals surface area contributed by atoms with Gasteiger partial charge in [-0.3, -0.25) is 4.79 Å². The van der Waals surface area contributed by atoms with Gasteiger partial charge >= 0.3 is 0 Å². The Morgan fingerprint density at radius 3 is 2.57 bits per heavy atom. The number of morpholine rings is 1. The lowest BCUT2D eigenvalue weighted by Crippen LogP contribution is -2.60. The van der Waals surface area contributed by atoms with Crippen LogP contribution in [0.15, 0.2) is 0 Å². The fraction of sp³-hybridized carbons (Fsp3) is 0.909. The fourth-order valence-electron chi connectivity index (χ4n) is 2.83. The zero-order valence-electron chi connectivity index (χ0n) is 9.01. The molecule has 1 atom stereocenters. The van der Waals surface area contributed by atoms with Crippen LogP contribution in [0.1, 0.15) is 39.5 Å². The van der Waals surface area contributed by atoms with E-state index >= 15 is 0 Å². The first kappa shape index (κ1) is 9.97. The van der Waals surface area contributed by atoms with Crippen LogP contribution in [0, 0.1) is 5.92 Å².